The Bertz CT molecular complexity index is 1220. The van der Waals surface area contributed by atoms with E-state index in [1.54, 1.807) is 12.4 Å². The van der Waals surface area contributed by atoms with Gasteiger partial charge in [-0.25, -0.2) is 4.98 Å². The number of hydrogen-bond donors (Lipinski definition) is 1. The molecule has 1 amide bonds. The predicted molar refractivity (Wildman–Crippen MR) is 106 cm³/mol. The molecule has 1 unspecified atom stereocenters. The number of alkyl halides is 3. The average Bonchev–Trinajstić information content (AvgIpc) is 3.28. The summed E-state index contributed by atoms with van der Waals surface area (Å²) in [6.07, 6.45) is 6.79. The summed E-state index contributed by atoms with van der Waals surface area (Å²) in [4.78, 5) is 24.7. The second kappa shape index (κ2) is 7.70. The molecule has 1 aliphatic heterocycles. The second-order valence-electron chi connectivity index (χ2n) is 7.51. The highest BCUT2D eigenvalue weighted by Gasteiger charge is 2.33. The van der Waals surface area contributed by atoms with Crippen molar-refractivity contribution in [3.63, 3.8) is 0 Å². The summed E-state index contributed by atoms with van der Waals surface area (Å²) >= 11 is 0. The standard InChI is InChI=1S/C20H17F3N8O/c21-20(22,23)16-9-30(10-25-16)13-6-7-24-15(8-13)19(32)28-17-3-1-2-14(27-17)18-29-26-11-31(18)12-4-5-12/h1,3,6-12,14H,2,4-5H2,(H,27,28,32). The van der Waals surface area contributed by atoms with Crippen LogP contribution in [0.5, 0.6) is 0 Å². The summed E-state index contributed by atoms with van der Waals surface area (Å²) < 4.78 is 41.6. The van der Waals surface area contributed by atoms with E-state index in [-0.39, 0.29) is 11.7 Å². The van der Waals surface area contributed by atoms with Crippen LogP contribution in [0.25, 0.3) is 5.69 Å². The summed E-state index contributed by atoms with van der Waals surface area (Å²) in [5.41, 5.74) is -0.666. The van der Waals surface area contributed by atoms with E-state index in [4.69, 9.17) is 0 Å². The van der Waals surface area contributed by atoms with E-state index in [0.29, 0.717) is 24.0 Å². The molecular formula is C20H17F3N8O. The van der Waals surface area contributed by atoms with E-state index in [0.717, 1.165) is 31.2 Å². The van der Waals surface area contributed by atoms with Crippen LogP contribution in [0.1, 0.15) is 53.4 Å². The van der Waals surface area contributed by atoms with Crippen LogP contribution < -0.4 is 5.32 Å². The van der Waals surface area contributed by atoms with Gasteiger partial charge in [-0.1, -0.05) is 6.08 Å². The number of aliphatic imine (C=N–C) groups is 1. The highest BCUT2D eigenvalue weighted by Crippen LogP contribution is 2.37. The van der Waals surface area contributed by atoms with E-state index in [9.17, 15) is 18.0 Å². The molecule has 1 aliphatic carbocycles. The Balaban J connectivity index is 1.33. The first-order valence-corrected chi connectivity index (χ1v) is 9.91. The molecule has 5 rings (SSSR count). The van der Waals surface area contributed by atoms with Gasteiger partial charge in [-0.05, 0) is 37.5 Å². The van der Waals surface area contributed by atoms with Crippen LogP contribution in [-0.4, -0.2) is 41.0 Å². The maximum atomic E-state index is 12.8. The number of dihydropyridines is 1. The zero-order valence-electron chi connectivity index (χ0n) is 16.6. The number of carbonyl (C=O) groups excluding carboxylic acids is 1. The number of pyridine rings is 1. The van der Waals surface area contributed by atoms with Crippen LogP contribution in [-0.2, 0) is 6.18 Å². The van der Waals surface area contributed by atoms with Gasteiger partial charge in [0.25, 0.3) is 5.91 Å². The fourth-order valence-electron chi connectivity index (χ4n) is 3.43. The smallest absolute Gasteiger partial charge is 0.313 e. The van der Waals surface area contributed by atoms with Crippen LogP contribution in [0.3, 0.4) is 0 Å². The molecule has 1 N–H and O–H groups in total. The van der Waals surface area contributed by atoms with Crippen molar-refractivity contribution in [3.05, 3.63) is 66.5 Å². The maximum Gasteiger partial charge on any atom is 0.434 e. The van der Waals surface area contributed by atoms with Gasteiger partial charge in [0.2, 0.25) is 0 Å². The number of amidine groups is 1. The van der Waals surface area contributed by atoms with Gasteiger partial charge in [-0.3, -0.25) is 14.8 Å². The van der Waals surface area contributed by atoms with Crippen LogP contribution in [0.4, 0.5) is 13.2 Å². The summed E-state index contributed by atoms with van der Waals surface area (Å²) in [5, 5.41) is 10.9. The molecule has 0 saturated heterocycles. The van der Waals surface area contributed by atoms with Gasteiger partial charge >= 0.3 is 6.18 Å². The van der Waals surface area contributed by atoms with Gasteiger partial charge in [0.15, 0.2) is 11.5 Å². The monoisotopic (exact) mass is 442 g/mol. The molecule has 3 aromatic rings. The molecule has 1 atom stereocenters. The number of rotatable bonds is 4. The van der Waals surface area contributed by atoms with Crippen molar-refractivity contribution in [2.24, 2.45) is 4.99 Å². The zero-order chi connectivity index (χ0) is 22.3. The number of halogens is 3. The molecule has 0 bridgehead atoms. The number of aromatic nitrogens is 6. The molecule has 0 aromatic carbocycles. The Morgan fingerprint density at radius 2 is 2.03 bits per heavy atom. The molecule has 1 fully saturated rings. The molecule has 0 spiro atoms. The molecule has 0 radical (unpaired) electrons. The van der Waals surface area contributed by atoms with Gasteiger partial charge in [0.05, 0.1) is 12.0 Å². The number of carbonyl (C=O) groups is 1. The lowest BCUT2D eigenvalue weighted by molar-refractivity contribution is -0.140. The third-order valence-corrected chi connectivity index (χ3v) is 5.16. The quantitative estimate of drug-likeness (QED) is 0.669. The first-order valence-electron chi connectivity index (χ1n) is 9.91. The number of hydrogen-bond acceptors (Lipinski definition) is 6. The van der Waals surface area contributed by atoms with Crippen molar-refractivity contribution in [1.29, 1.82) is 0 Å². The van der Waals surface area contributed by atoms with Crippen LogP contribution in [0.2, 0.25) is 0 Å². The molecule has 9 nitrogen and oxygen atoms in total. The van der Waals surface area contributed by atoms with Crippen LogP contribution in [0, 0.1) is 0 Å². The lowest BCUT2D eigenvalue weighted by atomic mass is 10.1. The van der Waals surface area contributed by atoms with Crippen molar-refractivity contribution in [2.75, 3.05) is 0 Å². The van der Waals surface area contributed by atoms with Crippen molar-refractivity contribution >= 4 is 11.7 Å². The molecular weight excluding hydrogens is 425 g/mol. The van der Waals surface area contributed by atoms with Crippen LogP contribution in [0.15, 0.2) is 54.3 Å². The molecule has 12 heteroatoms. The lowest BCUT2D eigenvalue weighted by Crippen LogP contribution is -2.31. The van der Waals surface area contributed by atoms with Gasteiger partial charge in [-0.15, -0.1) is 10.2 Å². The Labute approximate surface area is 179 Å². The van der Waals surface area contributed by atoms with E-state index < -0.39 is 17.8 Å². The highest BCUT2D eigenvalue weighted by molar-refractivity contribution is 6.09. The number of nitrogens with one attached hydrogen (secondary N) is 1. The molecule has 164 valence electrons. The maximum absolute atomic E-state index is 12.8. The highest BCUT2D eigenvalue weighted by atomic mass is 19.4. The van der Waals surface area contributed by atoms with Gasteiger partial charge in [0.1, 0.15) is 23.9 Å². The Morgan fingerprint density at radius 3 is 2.78 bits per heavy atom. The second-order valence-corrected chi connectivity index (χ2v) is 7.51. The molecule has 1 saturated carbocycles. The topological polar surface area (TPSA) is 103 Å². The fourth-order valence-corrected chi connectivity index (χ4v) is 3.43. The molecule has 2 aliphatic rings. The SMILES string of the molecule is O=C(NC1=NC(c2nncn2C2CC2)CC=C1)c1cc(-n2cnc(C(F)(F)F)c2)ccn1. The van der Waals surface area contributed by atoms with Crippen molar-refractivity contribution in [2.45, 2.75) is 37.5 Å². The summed E-state index contributed by atoms with van der Waals surface area (Å²) in [5.74, 6) is 0.575. The number of imidazole rings is 1. The third kappa shape index (κ3) is 4.03. The van der Waals surface area contributed by atoms with Gasteiger partial charge in [0, 0.05) is 18.4 Å². The van der Waals surface area contributed by atoms with E-state index in [2.05, 4.69) is 30.5 Å². The largest absolute Gasteiger partial charge is 0.434 e. The molecule has 3 aromatic heterocycles. The summed E-state index contributed by atoms with van der Waals surface area (Å²) in [6.45, 7) is 0. The lowest BCUT2D eigenvalue weighted by Gasteiger charge is -2.17. The van der Waals surface area contributed by atoms with Crippen molar-refractivity contribution in [1.82, 2.24) is 34.6 Å². The minimum absolute atomic E-state index is 0.0316. The summed E-state index contributed by atoms with van der Waals surface area (Å²) in [6, 6.07) is 3.01. The van der Waals surface area contributed by atoms with Crippen molar-refractivity contribution in [3.8, 4) is 5.69 Å². The van der Waals surface area contributed by atoms with Gasteiger partial charge in [-0.2, -0.15) is 13.2 Å². The number of nitrogens with zero attached hydrogens (tertiary/aromatic N) is 7. The Morgan fingerprint density at radius 1 is 1.19 bits per heavy atom. The zero-order valence-corrected chi connectivity index (χ0v) is 16.6. The van der Waals surface area contributed by atoms with E-state index in [1.807, 2.05) is 10.6 Å². The van der Waals surface area contributed by atoms with Gasteiger partial charge < -0.3 is 14.5 Å². The number of amides is 1. The predicted octanol–water partition coefficient (Wildman–Crippen LogP) is 3.04. The minimum atomic E-state index is -4.55. The van der Waals surface area contributed by atoms with Crippen molar-refractivity contribution < 1.29 is 18.0 Å². The normalized spacial score (nSPS) is 18.5. The summed E-state index contributed by atoms with van der Waals surface area (Å²) in [7, 11) is 0. The fraction of sp³-hybridized carbons (Fsp3) is 0.300. The van der Waals surface area contributed by atoms with Crippen LogP contribution >= 0.6 is 0 Å². The Kier molecular flexibility index (Phi) is 4.83. The average molecular weight is 442 g/mol. The molecule has 32 heavy (non-hydrogen) atoms. The molecule has 4 heterocycles. The first-order chi connectivity index (χ1) is 15.4. The van der Waals surface area contributed by atoms with E-state index >= 15 is 0 Å². The Hall–Kier alpha value is -3.83. The first kappa shape index (κ1) is 20.1. The van der Waals surface area contributed by atoms with E-state index in [1.165, 1.54) is 22.9 Å². The third-order valence-electron chi connectivity index (χ3n) is 5.16. The minimum Gasteiger partial charge on any atom is -0.313 e.